The van der Waals surface area contributed by atoms with E-state index in [1.807, 2.05) is 11.9 Å². The molecule has 1 saturated heterocycles. The van der Waals surface area contributed by atoms with Crippen molar-refractivity contribution in [1.29, 1.82) is 0 Å². The fourth-order valence-corrected chi connectivity index (χ4v) is 2.70. The Labute approximate surface area is 146 Å². The molecule has 132 valence electrons. The molecule has 2 aromatic rings. The van der Waals surface area contributed by atoms with Gasteiger partial charge in [-0.2, -0.15) is 0 Å². The highest BCUT2D eigenvalue weighted by Gasteiger charge is 2.21. The molecule has 7 heteroatoms. The van der Waals surface area contributed by atoms with Gasteiger partial charge in [0.15, 0.2) is 5.69 Å². The van der Waals surface area contributed by atoms with Crippen molar-refractivity contribution in [1.82, 2.24) is 20.0 Å². The number of anilines is 1. The van der Waals surface area contributed by atoms with Crippen molar-refractivity contribution in [3.63, 3.8) is 0 Å². The molecule has 0 aliphatic carbocycles. The highest BCUT2D eigenvalue weighted by molar-refractivity contribution is 5.92. The number of hydrogen-bond acceptors (Lipinski definition) is 5. The third-order valence-corrected chi connectivity index (χ3v) is 4.31. The van der Waals surface area contributed by atoms with Gasteiger partial charge in [-0.1, -0.05) is 12.1 Å². The van der Waals surface area contributed by atoms with Crippen molar-refractivity contribution < 1.29 is 9.18 Å². The van der Waals surface area contributed by atoms with Crippen molar-refractivity contribution in [3.8, 4) is 0 Å². The SMILES string of the molecule is CN1CCN(C(=O)c2ccc(NCCc3ccc(F)cc3)nn2)CC1. The minimum Gasteiger partial charge on any atom is -0.368 e. The Balaban J connectivity index is 1.50. The van der Waals surface area contributed by atoms with E-state index in [-0.39, 0.29) is 11.7 Å². The second kappa shape index (κ2) is 8.02. The zero-order chi connectivity index (χ0) is 17.6. The smallest absolute Gasteiger partial charge is 0.274 e. The molecule has 1 aliphatic heterocycles. The number of halogens is 1. The van der Waals surface area contributed by atoms with Crippen LogP contribution in [0.5, 0.6) is 0 Å². The van der Waals surface area contributed by atoms with E-state index >= 15 is 0 Å². The van der Waals surface area contributed by atoms with E-state index in [1.54, 1.807) is 24.3 Å². The largest absolute Gasteiger partial charge is 0.368 e. The number of nitrogens with zero attached hydrogens (tertiary/aromatic N) is 4. The molecule has 2 heterocycles. The van der Waals surface area contributed by atoms with Crippen LogP contribution in [0.15, 0.2) is 36.4 Å². The monoisotopic (exact) mass is 343 g/mol. The average molecular weight is 343 g/mol. The van der Waals surface area contributed by atoms with Crippen LogP contribution < -0.4 is 5.32 Å². The molecule has 0 radical (unpaired) electrons. The first-order chi connectivity index (χ1) is 12.1. The van der Waals surface area contributed by atoms with Crippen molar-refractivity contribution in [3.05, 3.63) is 53.5 Å². The van der Waals surface area contributed by atoms with Crippen LogP contribution in [0.1, 0.15) is 16.1 Å². The Hall–Kier alpha value is -2.54. The maximum atomic E-state index is 12.9. The van der Waals surface area contributed by atoms with Gasteiger partial charge in [0.2, 0.25) is 0 Å². The number of amides is 1. The molecular weight excluding hydrogens is 321 g/mol. The zero-order valence-corrected chi connectivity index (χ0v) is 14.3. The summed E-state index contributed by atoms with van der Waals surface area (Å²) in [5, 5.41) is 11.3. The highest BCUT2D eigenvalue weighted by atomic mass is 19.1. The Bertz CT molecular complexity index is 696. The third-order valence-electron chi connectivity index (χ3n) is 4.31. The molecule has 0 saturated carbocycles. The van der Waals surface area contributed by atoms with E-state index in [1.165, 1.54) is 12.1 Å². The molecule has 0 atom stereocenters. The summed E-state index contributed by atoms with van der Waals surface area (Å²) in [7, 11) is 2.05. The number of rotatable bonds is 5. The lowest BCUT2D eigenvalue weighted by Gasteiger charge is -2.32. The van der Waals surface area contributed by atoms with E-state index in [2.05, 4.69) is 20.4 Å². The lowest BCUT2D eigenvalue weighted by Crippen LogP contribution is -2.47. The second-order valence-corrected chi connectivity index (χ2v) is 6.20. The van der Waals surface area contributed by atoms with Crippen LogP contribution in [0.4, 0.5) is 10.2 Å². The minimum atomic E-state index is -0.233. The van der Waals surface area contributed by atoms with E-state index in [0.717, 1.165) is 25.1 Å². The Kier molecular flexibility index (Phi) is 5.55. The first-order valence-corrected chi connectivity index (χ1v) is 8.42. The fraction of sp³-hybridized carbons (Fsp3) is 0.389. The summed E-state index contributed by atoms with van der Waals surface area (Å²) in [6.45, 7) is 3.85. The predicted octanol–water partition coefficient (Wildman–Crippen LogP) is 1.66. The number of nitrogens with one attached hydrogen (secondary N) is 1. The average Bonchev–Trinajstić information content (AvgIpc) is 2.64. The molecule has 1 aromatic heterocycles. The van der Waals surface area contributed by atoms with Gasteiger partial charge in [-0.25, -0.2) is 4.39 Å². The highest BCUT2D eigenvalue weighted by Crippen LogP contribution is 2.09. The van der Waals surface area contributed by atoms with Crippen LogP contribution in [0, 0.1) is 5.82 Å². The normalized spacial score (nSPS) is 15.2. The Morgan fingerprint density at radius 2 is 1.80 bits per heavy atom. The number of aromatic nitrogens is 2. The lowest BCUT2D eigenvalue weighted by molar-refractivity contribution is 0.0657. The molecule has 3 rings (SSSR count). The second-order valence-electron chi connectivity index (χ2n) is 6.20. The maximum absolute atomic E-state index is 12.9. The van der Waals surface area contributed by atoms with Gasteiger partial charge in [0, 0.05) is 32.7 Å². The first kappa shape index (κ1) is 17.3. The van der Waals surface area contributed by atoms with Gasteiger partial charge in [0.25, 0.3) is 5.91 Å². The van der Waals surface area contributed by atoms with Gasteiger partial charge in [-0.05, 0) is 43.3 Å². The van der Waals surface area contributed by atoms with Crippen molar-refractivity contribution >= 4 is 11.7 Å². The molecule has 1 aromatic carbocycles. The fourth-order valence-electron chi connectivity index (χ4n) is 2.70. The number of hydrogen-bond donors (Lipinski definition) is 1. The van der Waals surface area contributed by atoms with Crippen molar-refractivity contribution in [2.75, 3.05) is 45.1 Å². The van der Waals surface area contributed by atoms with Crippen LogP contribution in [-0.4, -0.2) is 65.7 Å². The summed E-state index contributed by atoms with van der Waals surface area (Å²) in [6.07, 6.45) is 0.754. The van der Waals surface area contributed by atoms with Crippen LogP contribution in [0.2, 0.25) is 0 Å². The summed E-state index contributed by atoms with van der Waals surface area (Å²) in [6, 6.07) is 9.90. The van der Waals surface area contributed by atoms with Gasteiger partial charge in [-0.3, -0.25) is 4.79 Å². The van der Waals surface area contributed by atoms with Gasteiger partial charge < -0.3 is 15.1 Å². The van der Waals surface area contributed by atoms with Crippen LogP contribution in [0.3, 0.4) is 0 Å². The van der Waals surface area contributed by atoms with E-state index in [4.69, 9.17) is 0 Å². The number of likely N-dealkylation sites (N-methyl/N-ethyl adjacent to an activating group) is 1. The van der Waals surface area contributed by atoms with Crippen molar-refractivity contribution in [2.45, 2.75) is 6.42 Å². The zero-order valence-electron chi connectivity index (χ0n) is 14.3. The molecule has 25 heavy (non-hydrogen) atoms. The van der Waals surface area contributed by atoms with Crippen molar-refractivity contribution in [2.24, 2.45) is 0 Å². The van der Waals surface area contributed by atoms with E-state index < -0.39 is 0 Å². The molecular formula is C18H22FN5O. The number of carbonyl (C=O) groups excluding carboxylic acids is 1. The van der Waals surface area contributed by atoms with Crippen LogP contribution >= 0.6 is 0 Å². The van der Waals surface area contributed by atoms with E-state index in [0.29, 0.717) is 31.1 Å². The molecule has 1 fully saturated rings. The first-order valence-electron chi connectivity index (χ1n) is 8.42. The third kappa shape index (κ3) is 4.73. The number of carbonyl (C=O) groups is 1. The van der Waals surface area contributed by atoms with Gasteiger partial charge in [-0.15, -0.1) is 10.2 Å². The quantitative estimate of drug-likeness (QED) is 0.895. The maximum Gasteiger partial charge on any atom is 0.274 e. The Morgan fingerprint density at radius 1 is 1.08 bits per heavy atom. The number of benzene rings is 1. The summed E-state index contributed by atoms with van der Waals surface area (Å²) >= 11 is 0. The molecule has 6 nitrogen and oxygen atoms in total. The van der Waals surface area contributed by atoms with Gasteiger partial charge in [0.05, 0.1) is 0 Å². The summed E-state index contributed by atoms with van der Waals surface area (Å²) in [4.78, 5) is 16.4. The van der Waals surface area contributed by atoms with Crippen LogP contribution in [0.25, 0.3) is 0 Å². The topological polar surface area (TPSA) is 61.4 Å². The summed E-state index contributed by atoms with van der Waals surface area (Å²) < 4.78 is 12.9. The molecule has 1 amide bonds. The van der Waals surface area contributed by atoms with E-state index in [9.17, 15) is 9.18 Å². The summed E-state index contributed by atoms with van der Waals surface area (Å²) in [5.74, 6) is 0.318. The standard InChI is InChI=1S/C18H22FN5O/c1-23-10-12-24(13-11-23)18(25)16-6-7-17(22-21-16)20-9-8-14-2-4-15(19)5-3-14/h2-7H,8-13H2,1H3,(H,20,22). The molecule has 1 aliphatic rings. The van der Waals surface area contributed by atoms with Gasteiger partial charge >= 0.3 is 0 Å². The van der Waals surface area contributed by atoms with Gasteiger partial charge in [0.1, 0.15) is 11.6 Å². The number of piperazine rings is 1. The molecule has 0 spiro atoms. The summed E-state index contributed by atoms with van der Waals surface area (Å²) in [5.41, 5.74) is 1.41. The molecule has 0 bridgehead atoms. The Morgan fingerprint density at radius 3 is 2.44 bits per heavy atom. The van der Waals surface area contributed by atoms with Crippen LogP contribution in [-0.2, 0) is 6.42 Å². The minimum absolute atomic E-state index is 0.0709. The molecule has 0 unspecified atom stereocenters. The predicted molar refractivity (Wildman–Crippen MR) is 94.0 cm³/mol. The molecule has 1 N–H and O–H groups in total. The lowest BCUT2D eigenvalue weighted by atomic mass is 10.1.